The van der Waals surface area contributed by atoms with E-state index in [9.17, 15) is 14.4 Å². The molecule has 0 fully saturated rings. The molecule has 134 valence electrons. The minimum absolute atomic E-state index is 0.166. The smallest absolute Gasteiger partial charge is 0.408 e. The molecule has 0 aromatic rings. The van der Waals surface area contributed by atoms with E-state index >= 15 is 0 Å². The second-order valence-corrected chi connectivity index (χ2v) is 7.67. The average Bonchev–Trinajstić information content (AvgIpc) is 2.28. The van der Waals surface area contributed by atoms with Gasteiger partial charge in [-0.1, -0.05) is 13.8 Å². The molecule has 1 atom stereocenters. The molecule has 0 unspecified atom stereocenters. The lowest BCUT2D eigenvalue weighted by atomic mass is 10.0. The summed E-state index contributed by atoms with van der Waals surface area (Å²) < 4.78 is 10.2. The molecule has 7 nitrogen and oxygen atoms in total. The Morgan fingerprint density at radius 1 is 0.913 bits per heavy atom. The van der Waals surface area contributed by atoms with Gasteiger partial charge in [-0.2, -0.15) is 0 Å². The molecule has 0 bridgehead atoms. The molecule has 0 aromatic carbocycles. The lowest BCUT2D eigenvalue weighted by Crippen LogP contribution is -2.51. The fourth-order valence-corrected chi connectivity index (χ4v) is 1.62. The number of hydrogen-bond donors (Lipinski definition) is 2. The topological polar surface area (TPSA) is 93.7 Å². The van der Waals surface area contributed by atoms with Crippen LogP contribution in [0.25, 0.3) is 0 Å². The van der Waals surface area contributed by atoms with E-state index in [-0.39, 0.29) is 12.5 Å². The number of nitrogens with one attached hydrogen (secondary N) is 2. The second kappa shape index (κ2) is 8.17. The number of alkyl carbamates (subject to hydrolysis) is 1. The summed E-state index contributed by atoms with van der Waals surface area (Å²) in [4.78, 5) is 35.6. The summed E-state index contributed by atoms with van der Waals surface area (Å²) >= 11 is 0. The van der Waals surface area contributed by atoms with Crippen LogP contribution >= 0.6 is 0 Å². The molecule has 0 aliphatic rings. The van der Waals surface area contributed by atoms with Gasteiger partial charge < -0.3 is 20.1 Å². The summed E-state index contributed by atoms with van der Waals surface area (Å²) in [7, 11) is 0. The highest BCUT2D eigenvalue weighted by Crippen LogP contribution is 2.09. The van der Waals surface area contributed by atoms with Gasteiger partial charge >= 0.3 is 12.1 Å². The van der Waals surface area contributed by atoms with Crippen LogP contribution in [0.5, 0.6) is 0 Å². The van der Waals surface area contributed by atoms with Gasteiger partial charge in [-0.3, -0.25) is 9.59 Å². The fourth-order valence-electron chi connectivity index (χ4n) is 1.62. The van der Waals surface area contributed by atoms with Crippen LogP contribution in [0.2, 0.25) is 0 Å². The lowest BCUT2D eigenvalue weighted by Gasteiger charge is -2.25. The van der Waals surface area contributed by atoms with E-state index in [2.05, 4.69) is 10.6 Å². The lowest BCUT2D eigenvalue weighted by molar-refractivity contribution is -0.154. The van der Waals surface area contributed by atoms with Crippen molar-refractivity contribution in [2.45, 2.75) is 72.6 Å². The highest BCUT2D eigenvalue weighted by atomic mass is 16.6. The molecular formula is C16H30N2O5. The monoisotopic (exact) mass is 330 g/mol. The largest absolute Gasteiger partial charge is 0.459 e. The van der Waals surface area contributed by atoms with Gasteiger partial charge in [0.15, 0.2) is 0 Å². The van der Waals surface area contributed by atoms with Crippen molar-refractivity contribution in [1.29, 1.82) is 0 Å². The van der Waals surface area contributed by atoms with Crippen LogP contribution in [-0.4, -0.2) is 41.8 Å². The van der Waals surface area contributed by atoms with Gasteiger partial charge in [0.05, 0.1) is 0 Å². The van der Waals surface area contributed by atoms with E-state index in [1.54, 1.807) is 55.4 Å². The number of esters is 1. The number of rotatable bonds is 5. The number of hydrogen-bond acceptors (Lipinski definition) is 5. The van der Waals surface area contributed by atoms with Gasteiger partial charge in [-0.25, -0.2) is 4.79 Å². The summed E-state index contributed by atoms with van der Waals surface area (Å²) in [5, 5.41) is 4.99. The Morgan fingerprint density at radius 2 is 1.39 bits per heavy atom. The standard InChI is InChI=1S/C16H30N2O5/c1-10(2)12(18-14(21)23-16(6,7)8)13(20)17-9-11(19)22-15(3,4)5/h10,12H,9H2,1-8H3,(H,17,20)(H,18,21)/t12-/m0/s1. The number of carbonyl (C=O) groups is 3. The molecule has 0 saturated heterocycles. The summed E-state index contributed by atoms with van der Waals surface area (Å²) in [6, 6.07) is -0.799. The van der Waals surface area contributed by atoms with E-state index < -0.39 is 35.2 Å². The van der Waals surface area contributed by atoms with Crippen LogP contribution in [-0.2, 0) is 19.1 Å². The maximum absolute atomic E-state index is 12.2. The normalized spacial score (nSPS) is 13.3. The Hall–Kier alpha value is -1.79. The van der Waals surface area contributed by atoms with Crippen molar-refractivity contribution < 1.29 is 23.9 Å². The first kappa shape index (κ1) is 21.2. The zero-order valence-corrected chi connectivity index (χ0v) is 15.4. The fraction of sp³-hybridized carbons (Fsp3) is 0.812. The van der Waals surface area contributed by atoms with E-state index in [0.717, 1.165) is 0 Å². The molecule has 0 aromatic heterocycles. The predicted molar refractivity (Wildman–Crippen MR) is 86.9 cm³/mol. The van der Waals surface area contributed by atoms with Crippen molar-refractivity contribution in [3.8, 4) is 0 Å². The Bertz CT molecular complexity index is 433. The molecule has 0 aliphatic carbocycles. The van der Waals surface area contributed by atoms with Crippen LogP contribution in [0.3, 0.4) is 0 Å². The molecule has 7 heteroatoms. The molecule has 0 radical (unpaired) electrons. The van der Waals surface area contributed by atoms with E-state index in [4.69, 9.17) is 9.47 Å². The van der Waals surface area contributed by atoms with Gasteiger partial charge in [-0.05, 0) is 47.5 Å². The van der Waals surface area contributed by atoms with Gasteiger partial charge in [-0.15, -0.1) is 0 Å². The molecule has 2 amide bonds. The number of carbonyl (C=O) groups excluding carboxylic acids is 3. The van der Waals surface area contributed by atoms with Crippen molar-refractivity contribution in [3.63, 3.8) is 0 Å². The highest BCUT2D eigenvalue weighted by molar-refractivity contribution is 5.88. The zero-order chi connectivity index (χ0) is 18.4. The van der Waals surface area contributed by atoms with Gasteiger partial charge in [0, 0.05) is 0 Å². The van der Waals surface area contributed by atoms with E-state index in [1.165, 1.54) is 0 Å². The van der Waals surface area contributed by atoms with Crippen molar-refractivity contribution >= 4 is 18.0 Å². The molecular weight excluding hydrogens is 300 g/mol. The molecule has 0 aliphatic heterocycles. The molecule has 0 saturated carbocycles. The summed E-state index contributed by atoms with van der Waals surface area (Å²) in [5.74, 6) is -1.16. The van der Waals surface area contributed by atoms with Crippen LogP contribution in [0.1, 0.15) is 55.4 Å². The van der Waals surface area contributed by atoms with Crippen LogP contribution in [0, 0.1) is 5.92 Å². The third kappa shape index (κ3) is 10.5. The van der Waals surface area contributed by atoms with E-state index in [0.29, 0.717) is 0 Å². The van der Waals surface area contributed by atoms with Crippen molar-refractivity contribution in [1.82, 2.24) is 10.6 Å². The zero-order valence-electron chi connectivity index (χ0n) is 15.4. The second-order valence-electron chi connectivity index (χ2n) is 7.67. The first-order valence-corrected chi connectivity index (χ1v) is 7.70. The SMILES string of the molecule is CC(C)[C@H](NC(=O)OC(C)(C)C)C(=O)NCC(=O)OC(C)(C)C. The Labute approximate surface area is 138 Å². The van der Waals surface area contributed by atoms with Crippen LogP contribution in [0.15, 0.2) is 0 Å². The van der Waals surface area contributed by atoms with Crippen molar-refractivity contribution in [3.05, 3.63) is 0 Å². The molecule has 0 heterocycles. The summed E-state index contributed by atoms with van der Waals surface area (Å²) in [6.45, 7) is 13.8. The Kier molecular flexibility index (Phi) is 7.54. The number of amides is 2. The first-order valence-electron chi connectivity index (χ1n) is 7.70. The maximum Gasteiger partial charge on any atom is 0.408 e. The minimum Gasteiger partial charge on any atom is -0.459 e. The maximum atomic E-state index is 12.2. The summed E-state index contributed by atoms with van der Waals surface area (Å²) in [6.07, 6.45) is -0.677. The quantitative estimate of drug-likeness (QED) is 0.752. The van der Waals surface area contributed by atoms with Crippen LogP contribution in [0.4, 0.5) is 4.79 Å². The number of ether oxygens (including phenoxy) is 2. The van der Waals surface area contributed by atoms with Crippen LogP contribution < -0.4 is 10.6 Å². The highest BCUT2D eigenvalue weighted by Gasteiger charge is 2.27. The van der Waals surface area contributed by atoms with E-state index in [1.807, 2.05) is 0 Å². The van der Waals surface area contributed by atoms with Gasteiger partial charge in [0.25, 0.3) is 0 Å². The third-order valence-electron chi connectivity index (χ3n) is 2.45. The van der Waals surface area contributed by atoms with Gasteiger partial charge in [0.1, 0.15) is 23.8 Å². The van der Waals surface area contributed by atoms with Crippen molar-refractivity contribution in [2.24, 2.45) is 5.92 Å². The third-order valence-corrected chi connectivity index (χ3v) is 2.45. The minimum atomic E-state index is -0.799. The average molecular weight is 330 g/mol. The molecule has 0 rings (SSSR count). The van der Waals surface area contributed by atoms with Gasteiger partial charge in [0.2, 0.25) is 5.91 Å². The summed E-state index contributed by atoms with van der Waals surface area (Å²) in [5.41, 5.74) is -1.27. The Morgan fingerprint density at radius 3 is 1.78 bits per heavy atom. The van der Waals surface area contributed by atoms with Crippen molar-refractivity contribution in [2.75, 3.05) is 6.54 Å². The first-order chi connectivity index (χ1) is 10.2. The molecule has 23 heavy (non-hydrogen) atoms. The Balaban J connectivity index is 4.58. The predicted octanol–water partition coefficient (Wildman–Crippen LogP) is 1.99. The molecule has 0 spiro atoms. The molecule has 2 N–H and O–H groups in total.